The van der Waals surface area contributed by atoms with Crippen LogP contribution in [0.2, 0.25) is 0 Å². The highest BCUT2D eigenvalue weighted by Gasteiger charge is 2.23. The van der Waals surface area contributed by atoms with Gasteiger partial charge in [0, 0.05) is 11.8 Å². The number of carbonyl (C=O) groups excluding carboxylic acids is 1. The average molecular weight is 460 g/mol. The van der Waals surface area contributed by atoms with E-state index >= 15 is 0 Å². The van der Waals surface area contributed by atoms with Crippen molar-refractivity contribution in [1.82, 2.24) is 9.97 Å². The van der Waals surface area contributed by atoms with Crippen LogP contribution in [0.25, 0.3) is 10.2 Å². The van der Waals surface area contributed by atoms with Gasteiger partial charge in [-0.05, 0) is 67.8 Å². The van der Waals surface area contributed by atoms with Gasteiger partial charge in [-0.15, -0.1) is 0 Å². The number of aryl methyl sites for hydroxylation is 2. The van der Waals surface area contributed by atoms with Gasteiger partial charge in [0.25, 0.3) is 5.91 Å². The average Bonchev–Trinajstić information content (AvgIpc) is 3.25. The number of carbonyl (C=O) groups is 1. The lowest BCUT2D eigenvalue weighted by atomic mass is 10.1. The zero-order valence-corrected chi connectivity index (χ0v) is 20.2. The van der Waals surface area contributed by atoms with Crippen molar-refractivity contribution in [2.45, 2.75) is 46.6 Å². The number of fused-ring (bicyclic) bond motifs is 1. The van der Waals surface area contributed by atoms with Gasteiger partial charge < -0.3 is 4.74 Å². The normalized spacial score (nSPS) is 11.0. The number of ether oxygens (including phenoxy) is 1. The molecule has 5 nitrogen and oxygen atoms in total. The summed E-state index contributed by atoms with van der Waals surface area (Å²) in [6, 6.07) is 17.4. The minimum absolute atomic E-state index is 0.118. The Balaban J connectivity index is 1.67. The lowest BCUT2D eigenvalue weighted by Gasteiger charge is -2.20. The number of aromatic nitrogens is 2. The van der Waals surface area contributed by atoms with E-state index in [1.54, 1.807) is 22.4 Å². The monoisotopic (exact) mass is 459 g/mol. The third-order valence-corrected chi connectivity index (χ3v) is 6.66. The second-order valence-electron chi connectivity index (χ2n) is 8.22. The molecule has 6 heteroatoms. The molecule has 4 aromatic rings. The van der Waals surface area contributed by atoms with E-state index in [1.807, 2.05) is 42.5 Å². The maximum atomic E-state index is 13.7. The van der Waals surface area contributed by atoms with Crippen molar-refractivity contribution in [3.05, 3.63) is 83.2 Å². The predicted molar refractivity (Wildman–Crippen MR) is 135 cm³/mol. The molecule has 0 aliphatic heterocycles. The molecule has 0 saturated carbocycles. The van der Waals surface area contributed by atoms with Gasteiger partial charge in [-0.1, -0.05) is 49.3 Å². The van der Waals surface area contributed by atoms with E-state index in [1.165, 1.54) is 5.56 Å². The first-order valence-electron chi connectivity index (χ1n) is 11.4. The fourth-order valence-electron chi connectivity index (χ4n) is 3.78. The highest BCUT2D eigenvalue weighted by atomic mass is 32.1. The minimum Gasteiger partial charge on any atom is -0.494 e. The third-order valence-electron chi connectivity index (χ3n) is 5.43. The Labute approximate surface area is 199 Å². The van der Waals surface area contributed by atoms with Crippen molar-refractivity contribution in [3.8, 4) is 5.75 Å². The highest BCUT2D eigenvalue weighted by molar-refractivity contribution is 7.22. The Morgan fingerprint density at radius 3 is 2.73 bits per heavy atom. The molecule has 0 bridgehead atoms. The van der Waals surface area contributed by atoms with Gasteiger partial charge in [0.1, 0.15) is 5.75 Å². The number of thiazole rings is 1. The van der Waals surface area contributed by atoms with Crippen molar-refractivity contribution in [2.75, 3.05) is 11.5 Å². The number of unbranched alkanes of at least 4 members (excludes halogenated alkanes) is 2. The minimum atomic E-state index is -0.118. The molecule has 4 rings (SSSR count). The molecular formula is C27H29N3O2S. The van der Waals surface area contributed by atoms with E-state index < -0.39 is 0 Å². The number of hydrogen-bond acceptors (Lipinski definition) is 5. The highest BCUT2D eigenvalue weighted by Crippen LogP contribution is 2.33. The summed E-state index contributed by atoms with van der Waals surface area (Å²) >= 11 is 1.54. The van der Waals surface area contributed by atoms with Crippen LogP contribution in [-0.4, -0.2) is 22.5 Å². The first kappa shape index (κ1) is 22.9. The van der Waals surface area contributed by atoms with Crippen molar-refractivity contribution in [3.63, 3.8) is 0 Å². The number of pyridine rings is 1. The smallest absolute Gasteiger partial charge is 0.260 e. The second kappa shape index (κ2) is 10.6. The van der Waals surface area contributed by atoms with Gasteiger partial charge in [-0.3, -0.25) is 14.7 Å². The van der Waals surface area contributed by atoms with Crippen LogP contribution in [0.5, 0.6) is 5.75 Å². The Morgan fingerprint density at radius 2 is 1.94 bits per heavy atom. The van der Waals surface area contributed by atoms with Crippen molar-refractivity contribution < 1.29 is 9.53 Å². The zero-order chi connectivity index (χ0) is 23.2. The molecule has 0 aliphatic rings. The molecule has 1 amide bonds. The molecule has 2 heterocycles. The number of benzene rings is 2. The molecule has 0 unspecified atom stereocenters. The molecule has 0 atom stereocenters. The van der Waals surface area contributed by atoms with Gasteiger partial charge in [0.05, 0.1) is 29.1 Å². The van der Waals surface area contributed by atoms with Gasteiger partial charge in [-0.25, -0.2) is 4.98 Å². The number of anilines is 1. The van der Waals surface area contributed by atoms with E-state index in [0.29, 0.717) is 29.6 Å². The Kier molecular flexibility index (Phi) is 7.35. The molecule has 0 fully saturated rings. The van der Waals surface area contributed by atoms with E-state index in [-0.39, 0.29) is 5.91 Å². The molecule has 2 aromatic carbocycles. The first-order valence-corrected chi connectivity index (χ1v) is 12.2. The predicted octanol–water partition coefficient (Wildman–Crippen LogP) is 6.72. The lowest BCUT2D eigenvalue weighted by Crippen LogP contribution is -2.30. The first-order chi connectivity index (χ1) is 16.0. The number of rotatable bonds is 9. The number of hydrogen-bond donors (Lipinski definition) is 0. The van der Waals surface area contributed by atoms with Crippen molar-refractivity contribution in [1.29, 1.82) is 0 Å². The topological polar surface area (TPSA) is 55.3 Å². The van der Waals surface area contributed by atoms with Crippen molar-refractivity contribution in [2.24, 2.45) is 0 Å². The number of amides is 1. The molecular weight excluding hydrogens is 430 g/mol. The van der Waals surface area contributed by atoms with E-state index in [9.17, 15) is 4.79 Å². The van der Waals surface area contributed by atoms with Crippen molar-refractivity contribution >= 4 is 32.6 Å². The van der Waals surface area contributed by atoms with Crippen LogP contribution < -0.4 is 9.64 Å². The van der Waals surface area contributed by atoms with Crippen LogP contribution in [0.4, 0.5) is 5.13 Å². The van der Waals surface area contributed by atoms with Gasteiger partial charge in [0.15, 0.2) is 5.13 Å². The molecule has 2 aromatic heterocycles. The number of nitrogens with zero attached hydrogens (tertiary/aromatic N) is 3. The SMILES string of the molecule is CCCCCOc1cccc(C(=O)N(Cc2ccccn2)c2nc3cc(C)cc(C)c3s2)c1. The standard InChI is InChI=1S/C27H29N3O2S/c1-4-5-8-14-32-23-12-9-10-21(17-23)26(31)30(18-22-11-6-7-13-28-22)27-29-24-16-19(2)15-20(3)25(24)33-27/h6-7,9-13,15-17H,4-5,8,14,18H2,1-3H3. The molecule has 0 aliphatic carbocycles. The second-order valence-corrected chi connectivity index (χ2v) is 9.20. The van der Waals surface area contributed by atoms with E-state index in [4.69, 9.17) is 9.72 Å². The molecule has 170 valence electrons. The largest absolute Gasteiger partial charge is 0.494 e. The molecule has 0 spiro atoms. The van der Waals surface area contributed by atoms with Crippen LogP contribution in [-0.2, 0) is 6.54 Å². The maximum absolute atomic E-state index is 13.7. The molecule has 0 radical (unpaired) electrons. The summed E-state index contributed by atoms with van der Waals surface area (Å²) in [5.74, 6) is 0.596. The fourth-order valence-corrected chi connectivity index (χ4v) is 4.79. The van der Waals surface area contributed by atoms with Crippen LogP contribution in [0.1, 0.15) is 53.4 Å². The molecule has 33 heavy (non-hydrogen) atoms. The summed E-state index contributed by atoms with van der Waals surface area (Å²) in [6.07, 6.45) is 5.03. The summed E-state index contributed by atoms with van der Waals surface area (Å²) in [7, 11) is 0. The lowest BCUT2D eigenvalue weighted by molar-refractivity contribution is 0.0984. The van der Waals surface area contributed by atoms with Crippen LogP contribution >= 0.6 is 11.3 Å². The summed E-state index contributed by atoms with van der Waals surface area (Å²) in [4.78, 5) is 24.7. The summed E-state index contributed by atoms with van der Waals surface area (Å²) in [6.45, 7) is 7.31. The third kappa shape index (κ3) is 5.57. The summed E-state index contributed by atoms with van der Waals surface area (Å²) in [5.41, 5.74) is 4.63. The molecule has 0 N–H and O–H groups in total. The quantitative estimate of drug-likeness (QED) is 0.261. The summed E-state index contributed by atoms with van der Waals surface area (Å²) < 4.78 is 6.98. The van der Waals surface area contributed by atoms with E-state index in [0.717, 1.165) is 40.7 Å². The van der Waals surface area contributed by atoms with Crippen LogP contribution in [0, 0.1) is 13.8 Å². The van der Waals surface area contributed by atoms with Gasteiger partial charge in [0.2, 0.25) is 0 Å². The Bertz CT molecular complexity index is 1240. The zero-order valence-electron chi connectivity index (χ0n) is 19.4. The summed E-state index contributed by atoms with van der Waals surface area (Å²) in [5, 5.41) is 0.670. The Morgan fingerprint density at radius 1 is 1.06 bits per heavy atom. The fraction of sp³-hybridized carbons (Fsp3) is 0.296. The maximum Gasteiger partial charge on any atom is 0.260 e. The van der Waals surface area contributed by atoms with Gasteiger partial charge >= 0.3 is 0 Å². The van der Waals surface area contributed by atoms with Crippen LogP contribution in [0.3, 0.4) is 0 Å². The van der Waals surface area contributed by atoms with Crippen LogP contribution in [0.15, 0.2) is 60.8 Å². The van der Waals surface area contributed by atoms with Gasteiger partial charge in [-0.2, -0.15) is 0 Å². The Hall–Kier alpha value is -3.25. The molecule has 0 saturated heterocycles. The van der Waals surface area contributed by atoms with E-state index in [2.05, 4.69) is 37.9 Å².